The molecule has 0 bridgehead atoms. The largest absolute Gasteiger partial charge is 0.492 e. The molecule has 0 saturated heterocycles. The second-order valence-electron chi connectivity index (χ2n) is 8.39. The fourth-order valence-electron chi connectivity index (χ4n) is 4.17. The van der Waals surface area contributed by atoms with E-state index in [1.807, 2.05) is 11.5 Å². The zero-order chi connectivity index (χ0) is 25.5. The van der Waals surface area contributed by atoms with Gasteiger partial charge in [-0.15, -0.1) is 21.5 Å². The standard InChI is InChI=1S/C25H27Cl2N5O2S2/c1-2-32-22(9-6-12-34-20-11-10-16(26)13-19(20)27)30-31-25(32)35-15-23(33)29-24-18(14-28)17-7-4-3-5-8-21(17)36-24/h10-11,13H,2-9,12,15H2,1H3,(H,29,33). The number of carbonyl (C=O) groups is 1. The van der Waals surface area contributed by atoms with Gasteiger partial charge in [-0.25, -0.2) is 0 Å². The quantitative estimate of drug-likeness (QED) is 0.171. The maximum Gasteiger partial charge on any atom is 0.235 e. The number of hydrogen-bond acceptors (Lipinski definition) is 7. The average molecular weight is 565 g/mol. The molecule has 0 unspecified atom stereocenters. The number of thioether (sulfide) groups is 1. The summed E-state index contributed by atoms with van der Waals surface area (Å²) >= 11 is 15.0. The molecular weight excluding hydrogens is 537 g/mol. The summed E-state index contributed by atoms with van der Waals surface area (Å²) in [7, 11) is 0. The van der Waals surface area contributed by atoms with Gasteiger partial charge in [0.15, 0.2) is 5.16 Å². The lowest BCUT2D eigenvalue weighted by Crippen LogP contribution is -2.15. The van der Waals surface area contributed by atoms with Crippen LogP contribution < -0.4 is 10.1 Å². The lowest BCUT2D eigenvalue weighted by molar-refractivity contribution is -0.113. The predicted molar refractivity (Wildman–Crippen MR) is 146 cm³/mol. The van der Waals surface area contributed by atoms with Crippen molar-refractivity contribution in [2.24, 2.45) is 0 Å². The van der Waals surface area contributed by atoms with Crippen LogP contribution in [0.1, 0.15) is 54.4 Å². The fraction of sp³-hybridized carbons (Fsp3) is 0.440. The van der Waals surface area contributed by atoms with Crippen LogP contribution in [0.25, 0.3) is 0 Å². The van der Waals surface area contributed by atoms with Gasteiger partial charge in [-0.1, -0.05) is 41.4 Å². The Morgan fingerprint density at radius 1 is 1.28 bits per heavy atom. The second-order valence-corrected chi connectivity index (χ2v) is 11.3. The van der Waals surface area contributed by atoms with Crippen LogP contribution in [0.2, 0.25) is 10.0 Å². The molecule has 0 spiro atoms. The maximum absolute atomic E-state index is 12.7. The first-order valence-electron chi connectivity index (χ1n) is 12.0. The normalized spacial score (nSPS) is 13.1. The minimum absolute atomic E-state index is 0.145. The van der Waals surface area contributed by atoms with Crippen molar-refractivity contribution in [2.75, 3.05) is 17.7 Å². The van der Waals surface area contributed by atoms with Gasteiger partial charge in [-0.05, 0) is 62.8 Å². The maximum atomic E-state index is 12.7. The number of thiophene rings is 1. The summed E-state index contributed by atoms with van der Waals surface area (Å²) in [6.45, 7) is 3.21. The molecule has 3 aromatic rings. The number of amides is 1. The van der Waals surface area contributed by atoms with Crippen molar-refractivity contribution in [1.82, 2.24) is 14.8 Å². The molecule has 0 radical (unpaired) electrons. The molecule has 2 aromatic heterocycles. The van der Waals surface area contributed by atoms with Crippen molar-refractivity contribution in [3.63, 3.8) is 0 Å². The number of benzene rings is 1. The molecule has 0 aliphatic heterocycles. The highest BCUT2D eigenvalue weighted by Crippen LogP contribution is 2.37. The number of anilines is 1. The van der Waals surface area contributed by atoms with E-state index in [9.17, 15) is 10.1 Å². The molecule has 1 aliphatic rings. The molecule has 11 heteroatoms. The molecule has 36 heavy (non-hydrogen) atoms. The summed E-state index contributed by atoms with van der Waals surface area (Å²) < 4.78 is 7.77. The minimum atomic E-state index is -0.145. The summed E-state index contributed by atoms with van der Waals surface area (Å²) in [6.07, 6.45) is 6.75. The van der Waals surface area contributed by atoms with Crippen LogP contribution in [0.5, 0.6) is 5.75 Å². The van der Waals surface area contributed by atoms with Gasteiger partial charge in [0.1, 0.15) is 22.6 Å². The summed E-state index contributed by atoms with van der Waals surface area (Å²) in [4.78, 5) is 13.9. The van der Waals surface area contributed by atoms with E-state index in [1.54, 1.807) is 29.5 Å². The molecule has 1 aliphatic carbocycles. The number of fused-ring (bicyclic) bond motifs is 1. The predicted octanol–water partition coefficient (Wildman–Crippen LogP) is 6.55. The van der Waals surface area contributed by atoms with Gasteiger partial charge in [0.25, 0.3) is 0 Å². The van der Waals surface area contributed by atoms with Crippen molar-refractivity contribution in [2.45, 2.75) is 63.6 Å². The summed E-state index contributed by atoms with van der Waals surface area (Å²) in [5, 5.41) is 23.7. The number of nitrogens with one attached hydrogen (secondary N) is 1. The third-order valence-corrected chi connectivity index (χ3v) is 8.63. The Kier molecular flexibility index (Phi) is 9.54. The number of nitrogens with zero attached hydrogens (tertiary/aromatic N) is 4. The van der Waals surface area contributed by atoms with E-state index < -0.39 is 0 Å². The third-order valence-electron chi connectivity index (χ3n) is 5.92. The molecule has 1 amide bonds. The van der Waals surface area contributed by atoms with E-state index >= 15 is 0 Å². The molecule has 190 valence electrons. The van der Waals surface area contributed by atoms with E-state index in [4.69, 9.17) is 27.9 Å². The van der Waals surface area contributed by atoms with Gasteiger partial charge in [-0.3, -0.25) is 4.79 Å². The lowest BCUT2D eigenvalue weighted by Gasteiger charge is -2.09. The number of halogens is 2. The van der Waals surface area contributed by atoms with Gasteiger partial charge < -0.3 is 14.6 Å². The number of carbonyl (C=O) groups excluding carboxylic acids is 1. The SMILES string of the molecule is CCn1c(CCCOc2ccc(Cl)cc2Cl)nnc1SCC(=O)Nc1sc2c(c1C#N)CCCCC2. The van der Waals surface area contributed by atoms with Gasteiger partial charge in [0, 0.05) is 22.9 Å². The van der Waals surface area contributed by atoms with Crippen molar-refractivity contribution < 1.29 is 9.53 Å². The Hall–Kier alpha value is -2.25. The molecule has 7 nitrogen and oxygen atoms in total. The van der Waals surface area contributed by atoms with E-state index in [2.05, 4.69) is 21.6 Å². The number of aryl methyl sites for hydroxylation is 2. The third kappa shape index (κ3) is 6.54. The van der Waals surface area contributed by atoms with E-state index in [0.29, 0.717) is 51.1 Å². The first kappa shape index (κ1) is 26.8. The first-order valence-corrected chi connectivity index (χ1v) is 14.5. The molecule has 0 saturated carbocycles. The second kappa shape index (κ2) is 12.8. The van der Waals surface area contributed by atoms with E-state index in [0.717, 1.165) is 43.5 Å². The summed E-state index contributed by atoms with van der Waals surface area (Å²) in [5.74, 6) is 1.50. The van der Waals surface area contributed by atoms with Crippen LogP contribution in [-0.4, -0.2) is 33.0 Å². The zero-order valence-electron chi connectivity index (χ0n) is 20.0. The van der Waals surface area contributed by atoms with Crippen LogP contribution in [0.3, 0.4) is 0 Å². The molecule has 1 aromatic carbocycles. The number of aromatic nitrogens is 3. The number of hydrogen-bond donors (Lipinski definition) is 1. The Morgan fingerprint density at radius 2 is 2.11 bits per heavy atom. The molecule has 0 fully saturated rings. The smallest absolute Gasteiger partial charge is 0.235 e. The van der Waals surface area contributed by atoms with Crippen LogP contribution in [-0.2, 0) is 30.6 Å². The molecular formula is C25H27Cl2N5O2S2. The molecule has 1 N–H and O–H groups in total. The molecule has 4 rings (SSSR count). The number of ether oxygens (including phenoxy) is 1. The lowest BCUT2D eigenvalue weighted by atomic mass is 10.1. The van der Waals surface area contributed by atoms with Crippen LogP contribution in [0, 0.1) is 11.3 Å². The van der Waals surface area contributed by atoms with Crippen molar-refractivity contribution in [3.8, 4) is 11.8 Å². The Labute approximate surface area is 229 Å². The van der Waals surface area contributed by atoms with E-state index in [1.165, 1.54) is 23.1 Å². The van der Waals surface area contributed by atoms with E-state index in [-0.39, 0.29) is 11.7 Å². The molecule has 0 atom stereocenters. The summed E-state index contributed by atoms with van der Waals surface area (Å²) in [5.41, 5.74) is 1.76. The fourth-order valence-corrected chi connectivity index (χ4v) is 6.72. The highest BCUT2D eigenvalue weighted by molar-refractivity contribution is 7.99. The number of rotatable bonds is 10. The Bertz CT molecular complexity index is 1270. The van der Waals surface area contributed by atoms with Crippen LogP contribution in [0.15, 0.2) is 23.4 Å². The van der Waals surface area contributed by atoms with Crippen molar-refractivity contribution in [3.05, 3.63) is 50.1 Å². The number of nitriles is 1. The highest BCUT2D eigenvalue weighted by atomic mass is 35.5. The van der Waals surface area contributed by atoms with Gasteiger partial charge >= 0.3 is 0 Å². The topological polar surface area (TPSA) is 92.8 Å². The Morgan fingerprint density at radius 3 is 2.89 bits per heavy atom. The zero-order valence-corrected chi connectivity index (χ0v) is 23.1. The van der Waals surface area contributed by atoms with Crippen LogP contribution in [0.4, 0.5) is 5.00 Å². The monoisotopic (exact) mass is 563 g/mol. The highest BCUT2D eigenvalue weighted by Gasteiger charge is 2.21. The van der Waals surface area contributed by atoms with Gasteiger partial charge in [0.2, 0.25) is 5.91 Å². The first-order chi connectivity index (χ1) is 17.5. The Balaban J connectivity index is 1.30. The van der Waals surface area contributed by atoms with Gasteiger partial charge in [-0.2, -0.15) is 5.26 Å². The summed E-state index contributed by atoms with van der Waals surface area (Å²) in [6, 6.07) is 7.46. The average Bonchev–Trinajstić information content (AvgIpc) is 3.32. The van der Waals surface area contributed by atoms with Gasteiger partial charge in [0.05, 0.1) is 22.9 Å². The van der Waals surface area contributed by atoms with Crippen LogP contribution >= 0.6 is 46.3 Å². The van der Waals surface area contributed by atoms with Crippen molar-refractivity contribution >= 4 is 57.2 Å². The molecule has 2 heterocycles. The van der Waals surface area contributed by atoms with Crippen molar-refractivity contribution in [1.29, 1.82) is 5.26 Å². The minimum Gasteiger partial charge on any atom is -0.492 e.